The summed E-state index contributed by atoms with van der Waals surface area (Å²) in [5.74, 6) is 0. The lowest BCUT2D eigenvalue weighted by molar-refractivity contribution is 0.655. The van der Waals surface area contributed by atoms with Gasteiger partial charge in [0.25, 0.3) is 0 Å². The molecule has 3 aliphatic carbocycles. The second kappa shape index (κ2) is 8.74. The molecule has 10 rings (SSSR count). The van der Waals surface area contributed by atoms with Gasteiger partial charge in [0.05, 0.1) is 28.2 Å². The van der Waals surface area contributed by atoms with Crippen LogP contribution in [0.3, 0.4) is 0 Å². The number of aromatic nitrogens is 1. The smallest absolute Gasteiger partial charge is 0.145 e. The molecular weight excluding hydrogens is 560 g/mol. The average Bonchev–Trinajstić information content (AvgIpc) is 3.94. The van der Waals surface area contributed by atoms with Crippen LogP contribution in [0.1, 0.15) is 48.7 Å². The van der Waals surface area contributed by atoms with Crippen LogP contribution in [0.25, 0.3) is 44.3 Å². The largest absolute Gasteiger partial charge is 0.360 e. The van der Waals surface area contributed by atoms with E-state index in [2.05, 4.69) is 145 Å². The summed E-state index contributed by atoms with van der Waals surface area (Å²) in [5, 5.41) is 16.0. The first-order valence-electron chi connectivity index (χ1n) is 16.0. The van der Waals surface area contributed by atoms with Crippen LogP contribution in [0.5, 0.6) is 0 Å². The van der Waals surface area contributed by atoms with Gasteiger partial charge in [-0.25, -0.2) is 0 Å². The maximum Gasteiger partial charge on any atom is 0.145 e. The Morgan fingerprint density at radius 2 is 1.63 bits per heavy atom. The molecule has 4 nitrogen and oxygen atoms in total. The van der Waals surface area contributed by atoms with Crippen LogP contribution in [0.4, 0.5) is 0 Å². The Bertz CT molecular complexity index is 2470. The number of nitrogens with zero attached hydrogens (tertiary/aromatic N) is 3. The molecule has 0 amide bonds. The maximum atomic E-state index is 9.74. The molecule has 1 saturated carbocycles. The molecule has 0 spiro atoms. The highest BCUT2D eigenvalue weighted by Crippen LogP contribution is 2.75. The Morgan fingerprint density at radius 1 is 0.826 bits per heavy atom. The summed E-state index contributed by atoms with van der Waals surface area (Å²) < 4.78 is 2.47. The number of aliphatic imine (C=N–C) groups is 1. The number of fused-ring (bicyclic) bond motifs is 8. The number of hydrogen-bond acceptors (Lipinski definition) is 3. The minimum Gasteiger partial charge on any atom is -0.360 e. The van der Waals surface area contributed by atoms with Crippen LogP contribution in [0.15, 0.2) is 137 Å². The standard InChI is InChI=1S/C42H30N4/c1-41(2)32-17-8-6-15-28(32)30-19-20-31-29-16-7-9-18-36(29)46(39(31)38(30)41)27-14-10-13-26(21-27)40-44-35(25-11-4-3-5-12-25)22-37(45-40)42-23-33(42)34(42)24-43/h3-22,40,44H,23H2,1-2H3/t40?,42-/m1/s1. The molecular formula is C42H30N4. The van der Waals surface area contributed by atoms with E-state index < -0.39 is 0 Å². The predicted molar refractivity (Wildman–Crippen MR) is 186 cm³/mol. The molecule has 1 aromatic heterocycles. The minimum atomic E-state index is -0.272. The second-order valence-corrected chi connectivity index (χ2v) is 13.5. The quantitative estimate of drug-likeness (QED) is 0.222. The fourth-order valence-corrected chi connectivity index (χ4v) is 8.33. The van der Waals surface area contributed by atoms with E-state index in [-0.39, 0.29) is 17.0 Å². The lowest BCUT2D eigenvalue weighted by Crippen LogP contribution is -2.27. The molecule has 1 fully saturated rings. The Morgan fingerprint density at radius 3 is 2.46 bits per heavy atom. The van der Waals surface area contributed by atoms with E-state index in [1.807, 2.05) is 6.07 Å². The van der Waals surface area contributed by atoms with E-state index in [1.54, 1.807) is 0 Å². The highest BCUT2D eigenvalue weighted by Gasteiger charge is 2.71. The molecule has 2 heterocycles. The van der Waals surface area contributed by atoms with Crippen molar-refractivity contribution in [3.05, 3.63) is 155 Å². The van der Waals surface area contributed by atoms with Gasteiger partial charge in [0.15, 0.2) is 0 Å². The van der Waals surface area contributed by atoms with Gasteiger partial charge in [-0.1, -0.05) is 111 Å². The van der Waals surface area contributed by atoms with E-state index in [4.69, 9.17) is 4.99 Å². The SMILES string of the molecule is CC1(C)c2ccccc2-c2ccc3c4ccccc4n(-c4cccc(C5N=C([C@]67CC6=C7C#N)C=C(c6ccccc6)N5)c4)c3c21. The summed E-state index contributed by atoms with van der Waals surface area (Å²) in [6.45, 7) is 4.73. The van der Waals surface area contributed by atoms with Crippen LogP contribution in [0, 0.1) is 16.7 Å². The Hall–Kier alpha value is -5.66. The van der Waals surface area contributed by atoms with Crippen LogP contribution in [-0.4, -0.2) is 10.3 Å². The molecule has 1 N–H and O–H groups in total. The van der Waals surface area contributed by atoms with Crippen LogP contribution in [0.2, 0.25) is 0 Å². The van der Waals surface area contributed by atoms with E-state index >= 15 is 0 Å². The highest BCUT2D eigenvalue weighted by molar-refractivity contribution is 6.18. The third-order valence-corrected chi connectivity index (χ3v) is 10.8. The van der Waals surface area contributed by atoms with Crippen LogP contribution < -0.4 is 5.32 Å². The van der Waals surface area contributed by atoms with Crippen molar-refractivity contribution in [1.29, 1.82) is 5.26 Å². The first-order chi connectivity index (χ1) is 22.5. The van der Waals surface area contributed by atoms with Gasteiger partial charge in [0.2, 0.25) is 0 Å². The van der Waals surface area contributed by atoms with Gasteiger partial charge in [-0.05, 0) is 69.6 Å². The topological polar surface area (TPSA) is 53.1 Å². The third-order valence-electron chi connectivity index (χ3n) is 10.8. The molecule has 6 aromatic rings. The first-order valence-corrected chi connectivity index (χ1v) is 16.0. The molecule has 0 saturated heterocycles. The number of para-hydroxylation sites is 1. The first kappa shape index (κ1) is 25.6. The predicted octanol–water partition coefficient (Wildman–Crippen LogP) is 9.40. The molecule has 1 unspecified atom stereocenters. The zero-order chi connectivity index (χ0) is 30.8. The third kappa shape index (κ3) is 3.25. The zero-order valence-electron chi connectivity index (χ0n) is 25.7. The summed E-state index contributed by atoms with van der Waals surface area (Å²) in [5.41, 5.74) is 15.0. The van der Waals surface area contributed by atoms with E-state index in [1.165, 1.54) is 49.6 Å². The summed E-state index contributed by atoms with van der Waals surface area (Å²) in [4.78, 5) is 5.28. The second-order valence-electron chi connectivity index (χ2n) is 13.5. The van der Waals surface area contributed by atoms with Crippen LogP contribution in [-0.2, 0) is 5.41 Å². The summed E-state index contributed by atoms with van der Waals surface area (Å²) in [6.07, 6.45) is 2.83. The van der Waals surface area contributed by atoms with Crippen molar-refractivity contribution in [3.63, 3.8) is 0 Å². The summed E-state index contributed by atoms with van der Waals surface area (Å²) >= 11 is 0. The molecule has 0 bridgehead atoms. The van der Waals surface area contributed by atoms with Crippen molar-refractivity contribution in [2.24, 2.45) is 10.4 Å². The highest BCUT2D eigenvalue weighted by atomic mass is 15.1. The number of benzene rings is 5. The van der Waals surface area contributed by atoms with E-state index in [0.29, 0.717) is 0 Å². The number of nitrogens with one attached hydrogen (secondary N) is 1. The number of nitriles is 1. The van der Waals surface area contributed by atoms with Gasteiger partial charge >= 0.3 is 0 Å². The zero-order valence-corrected chi connectivity index (χ0v) is 25.7. The number of allylic oxidation sites excluding steroid dienone is 3. The fraction of sp³-hybridized carbons (Fsp3) is 0.143. The van der Waals surface area contributed by atoms with Crippen molar-refractivity contribution in [2.75, 3.05) is 0 Å². The van der Waals surface area contributed by atoms with Crippen LogP contribution >= 0.6 is 0 Å². The Labute approximate surface area is 267 Å². The van der Waals surface area contributed by atoms with E-state index in [9.17, 15) is 5.26 Å². The lowest BCUT2D eigenvalue weighted by Gasteiger charge is -2.26. The minimum absolute atomic E-state index is 0.147. The lowest BCUT2D eigenvalue weighted by atomic mass is 9.81. The van der Waals surface area contributed by atoms with Crippen molar-refractivity contribution in [3.8, 4) is 22.9 Å². The summed E-state index contributed by atoms with van der Waals surface area (Å²) in [7, 11) is 0. The van der Waals surface area contributed by atoms with Gasteiger partial charge in [0.1, 0.15) is 6.17 Å². The van der Waals surface area contributed by atoms with Gasteiger partial charge in [-0.2, -0.15) is 5.26 Å². The monoisotopic (exact) mass is 590 g/mol. The van der Waals surface area contributed by atoms with Crippen molar-refractivity contribution in [1.82, 2.24) is 9.88 Å². The average molecular weight is 591 g/mol. The summed E-state index contributed by atoms with van der Waals surface area (Å²) in [6, 6.07) is 44.0. The maximum absolute atomic E-state index is 9.74. The number of hydrogen-bond donors (Lipinski definition) is 1. The van der Waals surface area contributed by atoms with Crippen molar-refractivity contribution in [2.45, 2.75) is 31.8 Å². The van der Waals surface area contributed by atoms with Gasteiger partial charge in [-0.15, -0.1) is 0 Å². The molecule has 46 heavy (non-hydrogen) atoms. The molecule has 4 heteroatoms. The fourth-order valence-electron chi connectivity index (χ4n) is 8.33. The van der Waals surface area contributed by atoms with Gasteiger partial charge in [-0.3, -0.25) is 4.99 Å². The van der Waals surface area contributed by atoms with Gasteiger partial charge < -0.3 is 9.88 Å². The van der Waals surface area contributed by atoms with Gasteiger partial charge in [0, 0.05) is 33.1 Å². The van der Waals surface area contributed by atoms with E-state index in [0.717, 1.165) is 40.2 Å². The van der Waals surface area contributed by atoms with Crippen molar-refractivity contribution < 1.29 is 0 Å². The molecule has 4 aliphatic rings. The molecule has 1 aliphatic heterocycles. The molecule has 5 aromatic carbocycles. The Kier molecular flexibility index (Phi) is 4.87. The number of rotatable bonds is 4. The normalized spacial score (nSPS) is 21.5. The molecule has 2 atom stereocenters. The van der Waals surface area contributed by atoms with Crippen molar-refractivity contribution >= 4 is 33.2 Å². The Balaban J connectivity index is 1.16. The molecule has 0 radical (unpaired) electrons. The molecule has 218 valence electrons.